The summed E-state index contributed by atoms with van der Waals surface area (Å²) in [5.41, 5.74) is 7.65. The molecule has 0 spiro atoms. The Morgan fingerprint density at radius 1 is 1.53 bits per heavy atom. The lowest BCUT2D eigenvalue weighted by Crippen LogP contribution is -2.35. The lowest BCUT2D eigenvalue weighted by Gasteiger charge is -2.32. The van der Waals surface area contributed by atoms with Crippen LogP contribution >= 0.6 is 11.3 Å². The van der Waals surface area contributed by atoms with Gasteiger partial charge in [-0.05, 0) is 26.7 Å². The number of aryl methyl sites for hydroxylation is 1. The average molecular weight is 221 g/mol. The Balaban J connectivity index is 2.54. The molecule has 4 heteroatoms. The van der Waals surface area contributed by atoms with Crippen molar-refractivity contribution in [3.63, 3.8) is 0 Å². The van der Waals surface area contributed by atoms with Gasteiger partial charge in [0.25, 0.3) is 0 Å². The van der Waals surface area contributed by atoms with E-state index in [1.807, 2.05) is 0 Å². The number of nitriles is 1. The summed E-state index contributed by atoms with van der Waals surface area (Å²) in [6.45, 7) is 5.35. The Morgan fingerprint density at radius 3 is 2.87 bits per heavy atom. The first-order valence-corrected chi connectivity index (χ1v) is 6.04. The highest BCUT2D eigenvalue weighted by Crippen LogP contribution is 2.41. The normalized spacial score (nSPS) is 15.2. The zero-order valence-corrected chi connectivity index (χ0v) is 9.90. The van der Waals surface area contributed by atoms with E-state index in [1.54, 1.807) is 11.3 Å². The van der Waals surface area contributed by atoms with Crippen LogP contribution in [0.15, 0.2) is 0 Å². The van der Waals surface area contributed by atoms with Crippen LogP contribution in [0, 0.1) is 11.3 Å². The van der Waals surface area contributed by atoms with Crippen molar-refractivity contribution >= 4 is 22.0 Å². The van der Waals surface area contributed by atoms with Crippen LogP contribution in [0.5, 0.6) is 0 Å². The SMILES string of the molecule is CC(C)N1CCCc2sc(N)c(C#N)c21. The monoisotopic (exact) mass is 221 g/mol. The van der Waals surface area contributed by atoms with E-state index in [1.165, 1.54) is 4.88 Å². The first kappa shape index (κ1) is 10.3. The number of nitrogens with two attached hydrogens (primary N) is 1. The van der Waals surface area contributed by atoms with Crippen molar-refractivity contribution in [3.8, 4) is 6.07 Å². The molecule has 0 radical (unpaired) electrons. The van der Waals surface area contributed by atoms with E-state index in [0.717, 1.165) is 25.1 Å². The summed E-state index contributed by atoms with van der Waals surface area (Å²) in [5, 5.41) is 9.79. The number of nitrogens with zero attached hydrogens (tertiary/aromatic N) is 2. The molecule has 0 amide bonds. The van der Waals surface area contributed by atoms with Crippen molar-refractivity contribution < 1.29 is 0 Å². The Bertz CT molecular complexity index is 414. The minimum atomic E-state index is 0.435. The fourth-order valence-corrected chi connectivity index (χ4v) is 3.18. The number of thiophene rings is 1. The molecule has 0 aliphatic carbocycles. The van der Waals surface area contributed by atoms with Gasteiger partial charge in [0.05, 0.1) is 5.69 Å². The smallest absolute Gasteiger partial charge is 0.110 e. The van der Waals surface area contributed by atoms with Gasteiger partial charge < -0.3 is 10.6 Å². The molecule has 80 valence electrons. The minimum absolute atomic E-state index is 0.435. The Morgan fingerprint density at radius 2 is 2.27 bits per heavy atom. The van der Waals surface area contributed by atoms with E-state index >= 15 is 0 Å². The van der Waals surface area contributed by atoms with Crippen molar-refractivity contribution in [1.82, 2.24) is 0 Å². The van der Waals surface area contributed by atoms with Gasteiger partial charge in [0.1, 0.15) is 16.6 Å². The molecule has 2 N–H and O–H groups in total. The van der Waals surface area contributed by atoms with Gasteiger partial charge in [0.15, 0.2) is 0 Å². The van der Waals surface area contributed by atoms with Gasteiger partial charge in [-0.2, -0.15) is 5.26 Å². The van der Waals surface area contributed by atoms with Crippen molar-refractivity contribution in [2.45, 2.75) is 32.7 Å². The highest BCUT2D eigenvalue weighted by atomic mass is 32.1. The predicted octanol–water partition coefficient (Wildman–Crippen LogP) is 2.36. The number of fused-ring (bicyclic) bond motifs is 1. The van der Waals surface area contributed by atoms with Crippen LogP contribution in [0.3, 0.4) is 0 Å². The molecule has 15 heavy (non-hydrogen) atoms. The maximum absolute atomic E-state index is 9.11. The molecule has 1 aromatic rings. The molecular weight excluding hydrogens is 206 g/mol. The average Bonchev–Trinajstić information content (AvgIpc) is 2.52. The highest BCUT2D eigenvalue weighted by Gasteiger charge is 2.26. The summed E-state index contributed by atoms with van der Waals surface area (Å²) >= 11 is 1.58. The summed E-state index contributed by atoms with van der Waals surface area (Å²) in [5.74, 6) is 0. The summed E-state index contributed by atoms with van der Waals surface area (Å²) in [6, 6.07) is 2.67. The van der Waals surface area contributed by atoms with Crippen molar-refractivity contribution in [2.75, 3.05) is 17.2 Å². The van der Waals surface area contributed by atoms with Crippen molar-refractivity contribution in [3.05, 3.63) is 10.4 Å². The molecule has 0 saturated carbocycles. The lowest BCUT2D eigenvalue weighted by atomic mass is 10.1. The quantitative estimate of drug-likeness (QED) is 0.792. The molecule has 2 rings (SSSR count). The molecule has 0 aromatic carbocycles. The molecule has 0 bridgehead atoms. The first-order valence-electron chi connectivity index (χ1n) is 5.23. The molecule has 3 nitrogen and oxygen atoms in total. The minimum Gasteiger partial charge on any atom is -0.389 e. The maximum atomic E-state index is 9.11. The van der Waals surface area contributed by atoms with E-state index < -0.39 is 0 Å². The first-order chi connectivity index (χ1) is 7.15. The van der Waals surface area contributed by atoms with E-state index in [-0.39, 0.29) is 0 Å². The number of nitrogen functional groups attached to an aromatic ring is 1. The number of hydrogen-bond donors (Lipinski definition) is 1. The van der Waals surface area contributed by atoms with Crippen LogP contribution in [-0.2, 0) is 6.42 Å². The van der Waals surface area contributed by atoms with Crippen LogP contribution in [0.1, 0.15) is 30.7 Å². The standard InChI is InChI=1S/C11H15N3S/c1-7(2)14-5-3-4-9-10(14)8(6-12)11(13)15-9/h7H,3-5,13H2,1-2H3. The summed E-state index contributed by atoms with van der Waals surface area (Å²) < 4.78 is 0. The highest BCUT2D eigenvalue weighted by molar-refractivity contribution is 7.16. The summed E-state index contributed by atoms with van der Waals surface area (Å²) in [6.07, 6.45) is 2.23. The van der Waals surface area contributed by atoms with Crippen LogP contribution in [-0.4, -0.2) is 12.6 Å². The predicted molar refractivity (Wildman–Crippen MR) is 64.2 cm³/mol. The molecule has 2 heterocycles. The zero-order chi connectivity index (χ0) is 11.0. The third kappa shape index (κ3) is 1.57. The fraction of sp³-hybridized carbons (Fsp3) is 0.545. The topological polar surface area (TPSA) is 53.0 Å². The molecule has 0 fully saturated rings. The number of anilines is 2. The number of hydrogen-bond acceptors (Lipinski definition) is 4. The number of rotatable bonds is 1. The van der Waals surface area contributed by atoms with Crippen LogP contribution < -0.4 is 10.6 Å². The van der Waals surface area contributed by atoms with Crippen LogP contribution in [0.25, 0.3) is 0 Å². The molecule has 1 aliphatic heterocycles. The van der Waals surface area contributed by atoms with Gasteiger partial charge in [-0.15, -0.1) is 11.3 Å². The molecule has 1 aromatic heterocycles. The van der Waals surface area contributed by atoms with Gasteiger partial charge in [-0.25, -0.2) is 0 Å². The van der Waals surface area contributed by atoms with E-state index in [9.17, 15) is 0 Å². The van der Waals surface area contributed by atoms with Crippen LogP contribution in [0.4, 0.5) is 10.7 Å². The van der Waals surface area contributed by atoms with E-state index in [4.69, 9.17) is 11.0 Å². The van der Waals surface area contributed by atoms with E-state index in [2.05, 4.69) is 24.8 Å². The summed E-state index contributed by atoms with van der Waals surface area (Å²) in [4.78, 5) is 3.58. The Hall–Kier alpha value is -1.21. The van der Waals surface area contributed by atoms with E-state index in [0.29, 0.717) is 16.6 Å². The largest absolute Gasteiger partial charge is 0.389 e. The molecule has 1 aliphatic rings. The summed E-state index contributed by atoms with van der Waals surface area (Å²) in [7, 11) is 0. The van der Waals surface area contributed by atoms with Crippen LogP contribution in [0.2, 0.25) is 0 Å². The third-order valence-electron chi connectivity index (χ3n) is 2.81. The fourth-order valence-electron chi connectivity index (χ4n) is 2.11. The Labute approximate surface area is 94.1 Å². The van der Waals surface area contributed by atoms with Crippen molar-refractivity contribution in [2.24, 2.45) is 0 Å². The van der Waals surface area contributed by atoms with Gasteiger partial charge in [0.2, 0.25) is 0 Å². The van der Waals surface area contributed by atoms with Gasteiger partial charge >= 0.3 is 0 Å². The molecule has 0 unspecified atom stereocenters. The zero-order valence-electron chi connectivity index (χ0n) is 9.08. The third-order valence-corrected chi connectivity index (χ3v) is 3.87. The second kappa shape index (κ2) is 3.74. The molecule has 0 atom stereocenters. The Kier molecular flexibility index (Phi) is 2.57. The lowest BCUT2D eigenvalue weighted by molar-refractivity contribution is 0.630. The van der Waals surface area contributed by atoms with Gasteiger partial charge in [-0.3, -0.25) is 0 Å². The van der Waals surface area contributed by atoms with Crippen molar-refractivity contribution in [1.29, 1.82) is 5.26 Å². The molecular formula is C11H15N3S. The maximum Gasteiger partial charge on any atom is 0.110 e. The van der Waals surface area contributed by atoms with Gasteiger partial charge in [0, 0.05) is 17.5 Å². The molecule has 0 saturated heterocycles. The van der Waals surface area contributed by atoms with Gasteiger partial charge in [-0.1, -0.05) is 0 Å². The second-order valence-corrected chi connectivity index (χ2v) is 5.25. The second-order valence-electron chi connectivity index (χ2n) is 4.12.